The fourth-order valence-electron chi connectivity index (χ4n) is 4.61. The third-order valence-corrected chi connectivity index (χ3v) is 6.41. The van der Waals surface area contributed by atoms with Gasteiger partial charge in [-0.1, -0.05) is 40.2 Å². The number of hydrogen-bond acceptors (Lipinski definition) is 2. The number of halogens is 2. The molecule has 0 N–H and O–H groups in total. The zero-order valence-corrected chi connectivity index (χ0v) is 16.3. The van der Waals surface area contributed by atoms with E-state index >= 15 is 0 Å². The van der Waals surface area contributed by atoms with Crippen LogP contribution in [0.3, 0.4) is 0 Å². The molecule has 0 spiro atoms. The summed E-state index contributed by atoms with van der Waals surface area (Å²) in [6.07, 6.45) is 2.02. The van der Waals surface area contributed by atoms with Crippen molar-refractivity contribution in [2.24, 2.45) is 0 Å². The summed E-state index contributed by atoms with van der Waals surface area (Å²) in [7, 11) is 4.31. The molecule has 1 fully saturated rings. The molecule has 1 saturated heterocycles. The highest BCUT2D eigenvalue weighted by atomic mass is 79.9. The minimum Gasteiger partial charge on any atom is -0.305 e. The molecule has 0 amide bonds. The molecule has 3 atom stereocenters. The van der Waals surface area contributed by atoms with E-state index in [4.69, 9.17) is 0 Å². The first-order chi connectivity index (χ1) is 12.0. The SMILES string of the molecule is CN(C)C1CN(C2CCc3cccc(F)c32)CC1c1ccc(Br)cc1. The van der Waals surface area contributed by atoms with Crippen LogP contribution in [-0.2, 0) is 6.42 Å². The molecule has 4 heteroatoms. The Morgan fingerprint density at radius 3 is 2.56 bits per heavy atom. The van der Waals surface area contributed by atoms with Crippen LogP contribution < -0.4 is 0 Å². The maximum absolute atomic E-state index is 14.5. The van der Waals surface area contributed by atoms with Crippen LogP contribution in [0.1, 0.15) is 35.1 Å². The molecule has 2 aliphatic rings. The first-order valence-corrected chi connectivity index (χ1v) is 9.77. The third-order valence-electron chi connectivity index (χ3n) is 5.88. The van der Waals surface area contributed by atoms with Gasteiger partial charge in [-0.3, -0.25) is 4.90 Å². The number of benzene rings is 2. The second-order valence-electron chi connectivity index (χ2n) is 7.51. The van der Waals surface area contributed by atoms with Gasteiger partial charge in [0, 0.05) is 41.1 Å². The summed E-state index contributed by atoms with van der Waals surface area (Å²) in [5.74, 6) is 0.424. The number of fused-ring (bicyclic) bond motifs is 1. The van der Waals surface area contributed by atoms with Crippen molar-refractivity contribution in [3.8, 4) is 0 Å². The Kier molecular flexibility index (Phi) is 4.69. The molecule has 1 heterocycles. The van der Waals surface area contributed by atoms with E-state index in [1.165, 1.54) is 11.1 Å². The van der Waals surface area contributed by atoms with E-state index in [0.29, 0.717) is 12.0 Å². The second-order valence-corrected chi connectivity index (χ2v) is 8.43. The molecule has 1 aliphatic carbocycles. The van der Waals surface area contributed by atoms with Crippen molar-refractivity contribution in [2.75, 3.05) is 27.2 Å². The lowest BCUT2D eigenvalue weighted by atomic mass is 9.94. The smallest absolute Gasteiger partial charge is 0.128 e. The summed E-state index contributed by atoms with van der Waals surface area (Å²) < 4.78 is 15.6. The van der Waals surface area contributed by atoms with Crippen LogP contribution in [0, 0.1) is 5.82 Å². The van der Waals surface area contributed by atoms with E-state index in [0.717, 1.165) is 36.0 Å². The number of likely N-dealkylation sites (N-methyl/N-ethyl adjacent to an activating group) is 1. The summed E-state index contributed by atoms with van der Waals surface area (Å²) in [5, 5.41) is 0. The average Bonchev–Trinajstić information content (AvgIpc) is 3.20. The quantitative estimate of drug-likeness (QED) is 0.739. The van der Waals surface area contributed by atoms with E-state index in [-0.39, 0.29) is 11.9 Å². The lowest BCUT2D eigenvalue weighted by Crippen LogP contribution is -2.35. The Morgan fingerprint density at radius 2 is 1.84 bits per heavy atom. The molecule has 2 nitrogen and oxygen atoms in total. The minimum absolute atomic E-state index is 0.0338. The summed E-state index contributed by atoms with van der Waals surface area (Å²) in [6, 6.07) is 14.9. The summed E-state index contributed by atoms with van der Waals surface area (Å²) in [5.41, 5.74) is 3.51. The van der Waals surface area contributed by atoms with Gasteiger partial charge in [-0.05, 0) is 56.3 Å². The van der Waals surface area contributed by atoms with Gasteiger partial charge in [-0.15, -0.1) is 0 Å². The van der Waals surface area contributed by atoms with Crippen molar-refractivity contribution in [1.29, 1.82) is 0 Å². The fourth-order valence-corrected chi connectivity index (χ4v) is 4.87. The van der Waals surface area contributed by atoms with Gasteiger partial charge in [0.25, 0.3) is 0 Å². The van der Waals surface area contributed by atoms with Gasteiger partial charge in [0.1, 0.15) is 5.82 Å². The average molecular weight is 403 g/mol. The standard InChI is InChI=1S/C21H24BrFN2/c1-24(2)20-13-25(12-17(20)14-6-9-16(22)10-7-14)19-11-8-15-4-3-5-18(23)21(15)19/h3-7,9-10,17,19-20H,8,11-13H2,1-2H3. The topological polar surface area (TPSA) is 6.48 Å². The van der Waals surface area contributed by atoms with Crippen LogP contribution in [0.15, 0.2) is 46.9 Å². The van der Waals surface area contributed by atoms with Crippen LogP contribution in [-0.4, -0.2) is 43.0 Å². The van der Waals surface area contributed by atoms with Gasteiger partial charge in [-0.25, -0.2) is 4.39 Å². The van der Waals surface area contributed by atoms with E-state index in [2.05, 4.69) is 70.2 Å². The van der Waals surface area contributed by atoms with Crippen LogP contribution in [0.2, 0.25) is 0 Å². The van der Waals surface area contributed by atoms with Crippen LogP contribution in [0.4, 0.5) is 4.39 Å². The Hall–Kier alpha value is -1.23. The Labute approximate surface area is 157 Å². The first kappa shape index (κ1) is 17.2. The zero-order valence-electron chi connectivity index (χ0n) is 14.8. The van der Waals surface area contributed by atoms with Gasteiger partial charge in [0.05, 0.1) is 0 Å². The van der Waals surface area contributed by atoms with Crippen molar-refractivity contribution in [2.45, 2.75) is 30.8 Å². The van der Waals surface area contributed by atoms with Crippen molar-refractivity contribution in [3.05, 3.63) is 69.4 Å². The van der Waals surface area contributed by atoms with Gasteiger partial charge in [0.2, 0.25) is 0 Å². The molecule has 0 aromatic heterocycles. The molecule has 0 saturated carbocycles. The van der Waals surface area contributed by atoms with Crippen molar-refractivity contribution in [1.82, 2.24) is 9.80 Å². The summed E-state index contributed by atoms with van der Waals surface area (Å²) >= 11 is 3.53. The highest BCUT2D eigenvalue weighted by molar-refractivity contribution is 9.10. The minimum atomic E-state index is -0.0338. The first-order valence-electron chi connectivity index (χ1n) is 8.98. The number of rotatable bonds is 3. The monoisotopic (exact) mass is 402 g/mol. The fraction of sp³-hybridized carbons (Fsp3) is 0.429. The van der Waals surface area contributed by atoms with Crippen molar-refractivity contribution < 1.29 is 4.39 Å². The van der Waals surface area contributed by atoms with E-state index < -0.39 is 0 Å². The van der Waals surface area contributed by atoms with Crippen LogP contribution >= 0.6 is 15.9 Å². The molecular formula is C21H24BrFN2. The summed E-state index contributed by atoms with van der Waals surface area (Å²) in [6.45, 7) is 1.98. The maximum Gasteiger partial charge on any atom is 0.128 e. The van der Waals surface area contributed by atoms with Crippen LogP contribution in [0.5, 0.6) is 0 Å². The molecule has 2 aromatic rings. The largest absolute Gasteiger partial charge is 0.305 e. The summed E-state index contributed by atoms with van der Waals surface area (Å²) in [4.78, 5) is 4.83. The predicted octanol–water partition coefficient (Wildman–Crippen LogP) is 4.61. The Morgan fingerprint density at radius 1 is 1.08 bits per heavy atom. The number of hydrogen-bond donors (Lipinski definition) is 0. The number of aryl methyl sites for hydroxylation is 1. The van der Waals surface area contributed by atoms with Gasteiger partial charge < -0.3 is 4.90 Å². The lowest BCUT2D eigenvalue weighted by molar-refractivity contribution is 0.213. The van der Waals surface area contributed by atoms with Gasteiger partial charge in [-0.2, -0.15) is 0 Å². The Bertz CT molecular complexity index is 759. The Balaban J connectivity index is 1.63. The van der Waals surface area contributed by atoms with Crippen molar-refractivity contribution >= 4 is 15.9 Å². The highest BCUT2D eigenvalue weighted by Crippen LogP contribution is 2.42. The molecule has 4 rings (SSSR count). The normalized spacial score (nSPS) is 26.4. The van der Waals surface area contributed by atoms with E-state index in [1.54, 1.807) is 6.07 Å². The molecule has 25 heavy (non-hydrogen) atoms. The van der Waals surface area contributed by atoms with Crippen molar-refractivity contribution in [3.63, 3.8) is 0 Å². The van der Waals surface area contributed by atoms with E-state index in [9.17, 15) is 4.39 Å². The maximum atomic E-state index is 14.5. The molecule has 0 bridgehead atoms. The molecule has 2 aromatic carbocycles. The molecular weight excluding hydrogens is 379 g/mol. The second kappa shape index (κ2) is 6.82. The zero-order chi connectivity index (χ0) is 17.6. The number of likely N-dealkylation sites (tertiary alicyclic amines) is 1. The molecule has 132 valence electrons. The lowest BCUT2D eigenvalue weighted by Gasteiger charge is -2.26. The van der Waals surface area contributed by atoms with E-state index in [1.807, 2.05) is 6.07 Å². The highest BCUT2D eigenvalue weighted by Gasteiger charge is 2.41. The molecule has 1 aliphatic heterocycles. The third kappa shape index (κ3) is 3.16. The molecule has 0 radical (unpaired) electrons. The van der Waals surface area contributed by atoms with Gasteiger partial charge in [0.15, 0.2) is 0 Å². The predicted molar refractivity (Wildman–Crippen MR) is 103 cm³/mol. The van der Waals surface area contributed by atoms with Gasteiger partial charge >= 0.3 is 0 Å². The number of nitrogens with zero attached hydrogens (tertiary/aromatic N) is 2. The van der Waals surface area contributed by atoms with Crippen LogP contribution in [0.25, 0.3) is 0 Å². The molecule has 3 unspecified atom stereocenters.